The van der Waals surface area contributed by atoms with Gasteiger partial charge in [0.15, 0.2) is 5.13 Å². The van der Waals surface area contributed by atoms with Crippen LogP contribution in [0.25, 0.3) is 22.6 Å². The largest absolute Gasteiger partial charge is 0.496 e. The van der Waals surface area contributed by atoms with Crippen molar-refractivity contribution < 1.29 is 13.9 Å². The molecule has 0 fully saturated rings. The number of aryl methyl sites for hydroxylation is 1. The number of carbonyl (C=O) groups excluding carboxylic acids is 1. The molecule has 156 valence electrons. The molecular formula is C23H19FN4O2S. The summed E-state index contributed by atoms with van der Waals surface area (Å²) >= 11 is 1.31. The van der Waals surface area contributed by atoms with Crippen molar-refractivity contribution in [2.75, 3.05) is 12.4 Å². The first-order valence-corrected chi connectivity index (χ1v) is 10.3. The van der Waals surface area contributed by atoms with E-state index in [2.05, 4.69) is 20.3 Å². The number of rotatable bonds is 5. The summed E-state index contributed by atoms with van der Waals surface area (Å²) in [5.41, 5.74) is 4.64. The van der Waals surface area contributed by atoms with E-state index in [1.54, 1.807) is 24.5 Å². The Bertz CT molecular complexity index is 1270. The van der Waals surface area contributed by atoms with Crippen LogP contribution >= 0.6 is 11.3 Å². The van der Waals surface area contributed by atoms with Gasteiger partial charge in [0.25, 0.3) is 5.91 Å². The van der Waals surface area contributed by atoms with Crippen molar-refractivity contribution in [3.8, 4) is 28.4 Å². The van der Waals surface area contributed by atoms with Crippen LogP contribution in [0.5, 0.6) is 5.75 Å². The summed E-state index contributed by atoms with van der Waals surface area (Å²) in [6.07, 6.45) is 3.29. The summed E-state index contributed by atoms with van der Waals surface area (Å²) in [6.45, 7) is 4.00. The van der Waals surface area contributed by atoms with Gasteiger partial charge in [0.2, 0.25) is 0 Å². The molecule has 0 saturated carbocycles. The predicted molar refractivity (Wildman–Crippen MR) is 119 cm³/mol. The number of thiazole rings is 1. The van der Waals surface area contributed by atoms with Crippen LogP contribution in [0.2, 0.25) is 0 Å². The van der Waals surface area contributed by atoms with E-state index in [1.165, 1.54) is 36.6 Å². The second kappa shape index (κ2) is 8.61. The van der Waals surface area contributed by atoms with Gasteiger partial charge < -0.3 is 4.74 Å². The number of aromatic nitrogens is 3. The van der Waals surface area contributed by atoms with Gasteiger partial charge in [-0.15, -0.1) is 11.3 Å². The van der Waals surface area contributed by atoms with E-state index in [1.807, 2.05) is 25.3 Å². The Morgan fingerprint density at radius 3 is 2.71 bits per heavy atom. The lowest BCUT2D eigenvalue weighted by Gasteiger charge is -2.11. The molecule has 0 spiro atoms. The number of ether oxygens (including phenoxy) is 1. The predicted octanol–water partition coefficient (Wildman–Crippen LogP) is 5.28. The zero-order valence-electron chi connectivity index (χ0n) is 17.1. The summed E-state index contributed by atoms with van der Waals surface area (Å²) in [5.74, 6) is -0.422. The maximum absolute atomic E-state index is 13.9. The molecule has 6 nitrogen and oxygen atoms in total. The minimum atomic E-state index is -0.446. The Kier molecular flexibility index (Phi) is 5.73. The average molecular weight is 434 g/mol. The Labute approximate surface area is 182 Å². The molecule has 0 aliphatic rings. The second-order valence-electron chi connectivity index (χ2n) is 6.84. The first-order valence-electron chi connectivity index (χ1n) is 9.46. The van der Waals surface area contributed by atoms with Crippen LogP contribution in [-0.2, 0) is 0 Å². The lowest BCUT2D eigenvalue weighted by atomic mass is 10.0. The first-order chi connectivity index (χ1) is 15.0. The third-order valence-electron chi connectivity index (χ3n) is 4.91. The molecule has 8 heteroatoms. The van der Waals surface area contributed by atoms with Crippen LogP contribution in [-0.4, -0.2) is 28.0 Å². The van der Waals surface area contributed by atoms with Crippen LogP contribution < -0.4 is 10.1 Å². The topological polar surface area (TPSA) is 77.0 Å². The van der Waals surface area contributed by atoms with E-state index in [0.717, 1.165) is 16.8 Å². The number of hydrogen-bond donors (Lipinski definition) is 1. The van der Waals surface area contributed by atoms with Crippen molar-refractivity contribution in [3.05, 3.63) is 76.7 Å². The van der Waals surface area contributed by atoms with Gasteiger partial charge in [-0.3, -0.25) is 20.1 Å². The molecular weight excluding hydrogens is 415 g/mol. The van der Waals surface area contributed by atoms with Gasteiger partial charge in [-0.25, -0.2) is 9.37 Å². The highest BCUT2D eigenvalue weighted by molar-refractivity contribution is 7.14. The molecule has 1 N–H and O–H groups in total. The van der Waals surface area contributed by atoms with Crippen molar-refractivity contribution in [2.45, 2.75) is 13.8 Å². The molecule has 3 aromatic heterocycles. The van der Waals surface area contributed by atoms with E-state index in [9.17, 15) is 9.18 Å². The summed E-state index contributed by atoms with van der Waals surface area (Å²) in [5, 5.41) is 5.10. The van der Waals surface area contributed by atoms with Gasteiger partial charge in [-0.1, -0.05) is 0 Å². The SMILES string of the molecule is COc1ccc(F)cc1-c1ncccc1C(=O)Nc1nc(-c2nccc(C)c2C)cs1. The third kappa shape index (κ3) is 4.15. The zero-order valence-corrected chi connectivity index (χ0v) is 18.0. The number of anilines is 1. The number of nitrogens with zero attached hydrogens (tertiary/aromatic N) is 3. The van der Waals surface area contributed by atoms with Gasteiger partial charge in [-0.2, -0.15) is 0 Å². The molecule has 4 rings (SSSR count). The highest BCUT2D eigenvalue weighted by Crippen LogP contribution is 2.32. The normalized spacial score (nSPS) is 10.7. The van der Waals surface area contributed by atoms with E-state index in [-0.39, 0.29) is 5.56 Å². The number of methoxy groups -OCH3 is 1. The number of benzene rings is 1. The molecule has 0 radical (unpaired) electrons. The maximum Gasteiger partial charge on any atom is 0.259 e. The molecule has 1 aromatic carbocycles. The molecule has 0 atom stereocenters. The summed E-state index contributed by atoms with van der Waals surface area (Å²) in [4.78, 5) is 26.3. The van der Waals surface area contributed by atoms with Crippen LogP contribution in [0, 0.1) is 19.7 Å². The molecule has 0 unspecified atom stereocenters. The quantitative estimate of drug-likeness (QED) is 0.462. The smallest absolute Gasteiger partial charge is 0.259 e. The molecule has 1 amide bonds. The van der Waals surface area contributed by atoms with E-state index in [0.29, 0.717) is 27.8 Å². The van der Waals surface area contributed by atoms with Crippen LogP contribution in [0.1, 0.15) is 21.5 Å². The first kappa shape index (κ1) is 20.6. The van der Waals surface area contributed by atoms with E-state index < -0.39 is 11.7 Å². The Morgan fingerprint density at radius 2 is 1.90 bits per heavy atom. The van der Waals surface area contributed by atoms with Crippen molar-refractivity contribution in [2.24, 2.45) is 0 Å². The average Bonchev–Trinajstić information content (AvgIpc) is 3.23. The Balaban J connectivity index is 1.65. The third-order valence-corrected chi connectivity index (χ3v) is 5.67. The molecule has 0 bridgehead atoms. The fourth-order valence-electron chi connectivity index (χ4n) is 3.16. The van der Waals surface area contributed by atoms with Gasteiger partial charge >= 0.3 is 0 Å². The standard InChI is InChI=1S/C23H19FN4O2S/c1-13-8-10-26-20(14(13)2)18-12-31-23(27-18)28-22(29)16-5-4-9-25-21(16)17-11-15(24)6-7-19(17)30-3/h4-12H,1-3H3,(H,27,28,29). The second-order valence-corrected chi connectivity index (χ2v) is 7.70. The van der Waals surface area contributed by atoms with Crippen molar-refractivity contribution >= 4 is 22.4 Å². The minimum absolute atomic E-state index is 0.285. The summed E-state index contributed by atoms with van der Waals surface area (Å²) in [7, 11) is 1.48. The van der Waals surface area contributed by atoms with Crippen LogP contribution in [0.4, 0.5) is 9.52 Å². The molecule has 0 saturated heterocycles. The van der Waals surface area contributed by atoms with Gasteiger partial charge in [0.1, 0.15) is 17.3 Å². The Morgan fingerprint density at radius 1 is 1.10 bits per heavy atom. The molecule has 3 heterocycles. The van der Waals surface area contributed by atoms with Crippen LogP contribution in [0.3, 0.4) is 0 Å². The number of nitrogens with one attached hydrogen (secondary N) is 1. The van der Waals surface area contributed by atoms with Gasteiger partial charge in [0, 0.05) is 23.3 Å². The number of halogens is 1. The highest BCUT2D eigenvalue weighted by atomic mass is 32.1. The van der Waals surface area contributed by atoms with Crippen molar-refractivity contribution in [1.29, 1.82) is 0 Å². The monoisotopic (exact) mass is 434 g/mol. The van der Waals surface area contributed by atoms with Crippen molar-refractivity contribution in [3.63, 3.8) is 0 Å². The van der Waals surface area contributed by atoms with Crippen molar-refractivity contribution in [1.82, 2.24) is 15.0 Å². The fraction of sp³-hybridized carbons (Fsp3) is 0.130. The number of hydrogen-bond acceptors (Lipinski definition) is 6. The molecule has 0 aliphatic carbocycles. The lowest BCUT2D eigenvalue weighted by Crippen LogP contribution is -2.14. The molecule has 0 aliphatic heterocycles. The molecule has 4 aromatic rings. The zero-order chi connectivity index (χ0) is 22.0. The molecule has 31 heavy (non-hydrogen) atoms. The Hall–Kier alpha value is -3.65. The number of carbonyl (C=O) groups is 1. The van der Waals surface area contributed by atoms with E-state index in [4.69, 9.17) is 4.74 Å². The summed E-state index contributed by atoms with van der Waals surface area (Å²) in [6, 6.07) is 9.32. The van der Waals surface area contributed by atoms with Crippen LogP contribution in [0.15, 0.2) is 54.2 Å². The van der Waals surface area contributed by atoms with Gasteiger partial charge in [0.05, 0.1) is 24.1 Å². The number of pyridine rings is 2. The highest BCUT2D eigenvalue weighted by Gasteiger charge is 2.19. The number of amides is 1. The summed E-state index contributed by atoms with van der Waals surface area (Å²) < 4.78 is 19.2. The van der Waals surface area contributed by atoms with E-state index >= 15 is 0 Å². The lowest BCUT2D eigenvalue weighted by molar-refractivity contribution is 0.102. The fourth-order valence-corrected chi connectivity index (χ4v) is 3.85. The van der Waals surface area contributed by atoms with Gasteiger partial charge in [-0.05, 0) is 61.4 Å². The maximum atomic E-state index is 13.9. The minimum Gasteiger partial charge on any atom is -0.496 e.